The average molecular weight is 289 g/mol. The average Bonchev–Trinajstić information content (AvgIpc) is 2.38. The monoisotopic (exact) mass is 289 g/mol. The highest BCUT2D eigenvalue weighted by molar-refractivity contribution is 5.25. The van der Waals surface area contributed by atoms with Crippen molar-refractivity contribution in [3.63, 3.8) is 0 Å². The molecule has 0 radical (unpaired) electrons. The van der Waals surface area contributed by atoms with Gasteiger partial charge in [0.05, 0.1) is 11.7 Å². The summed E-state index contributed by atoms with van der Waals surface area (Å²) in [6.45, 7) is 7.32. The van der Waals surface area contributed by atoms with E-state index in [9.17, 15) is 13.2 Å². The van der Waals surface area contributed by atoms with Gasteiger partial charge in [-0.25, -0.2) is 0 Å². The first-order chi connectivity index (χ1) is 9.38. The second-order valence-corrected chi connectivity index (χ2v) is 4.72. The SMILES string of the molecule is CCNC(Cc1ccc(C(F)(F)F)cc1)C(C)OCC. The maximum Gasteiger partial charge on any atom is 0.416 e. The molecule has 1 N–H and O–H groups in total. The highest BCUT2D eigenvalue weighted by atomic mass is 19.4. The van der Waals surface area contributed by atoms with Gasteiger partial charge in [0.25, 0.3) is 0 Å². The van der Waals surface area contributed by atoms with Crippen molar-refractivity contribution < 1.29 is 17.9 Å². The lowest BCUT2D eigenvalue weighted by atomic mass is 10.0. The highest BCUT2D eigenvalue weighted by Crippen LogP contribution is 2.29. The molecule has 1 aromatic rings. The zero-order valence-corrected chi connectivity index (χ0v) is 12.1. The fourth-order valence-corrected chi connectivity index (χ4v) is 2.13. The van der Waals surface area contributed by atoms with Gasteiger partial charge >= 0.3 is 6.18 Å². The van der Waals surface area contributed by atoms with Gasteiger partial charge in [0, 0.05) is 12.6 Å². The summed E-state index contributed by atoms with van der Waals surface area (Å²) in [6.07, 6.45) is -3.62. The molecule has 0 saturated carbocycles. The highest BCUT2D eigenvalue weighted by Gasteiger charge is 2.30. The van der Waals surface area contributed by atoms with E-state index in [-0.39, 0.29) is 12.1 Å². The quantitative estimate of drug-likeness (QED) is 0.827. The zero-order chi connectivity index (χ0) is 15.2. The Hall–Kier alpha value is -1.07. The van der Waals surface area contributed by atoms with Crippen LogP contribution in [0, 0.1) is 0 Å². The summed E-state index contributed by atoms with van der Waals surface area (Å²) in [6, 6.07) is 5.42. The third-order valence-corrected chi connectivity index (χ3v) is 3.20. The normalized spacial score (nSPS) is 15.1. The minimum absolute atomic E-state index is 0.0160. The van der Waals surface area contributed by atoms with Gasteiger partial charge in [-0.05, 0) is 44.5 Å². The van der Waals surface area contributed by atoms with Crippen molar-refractivity contribution in [3.05, 3.63) is 35.4 Å². The van der Waals surface area contributed by atoms with E-state index in [1.165, 1.54) is 12.1 Å². The Balaban J connectivity index is 2.73. The molecule has 1 aromatic carbocycles. The molecule has 20 heavy (non-hydrogen) atoms. The van der Waals surface area contributed by atoms with Crippen molar-refractivity contribution in [2.45, 2.75) is 45.5 Å². The molecule has 1 rings (SSSR count). The molecule has 2 atom stereocenters. The second kappa shape index (κ2) is 7.64. The van der Waals surface area contributed by atoms with Crippen LogP contribution in [-0.4, -0.2) is 25.3 Å². The van der Waals surface area contributed by atoms with Gasteiger partial charge in [0.15, 0.2) is 0 Å². The third kappa shape index (κ3) is 5.13. The first-order valence-electron chi connectivity index (χ1n) is 6.89. The van der Waals surface area contributed by atoms with Gasteiger partial charge in [0.2, 0.25) is 0 Å². The number of hydrogen-bond donors (Lipinski definition) is 1. The summed E-state index contributed by atoms with van der Waals surface area (Å²) in [4.78, 5) is 0. The third-order valence-electron chi connectivity index (χ3n) is 3.20. The molecule has 2 nitrogen and oxygen atoms in total. The molecule has 0 aliphatic carbocycles. The summed E-state index contributed by atoms with van der Waals surface area (Å²) in [5, 5.41) is 3.31. The van der Waals surface area contributed by atoms with E-state index in [0.717, 1.165) is 24.2 Å². The Morgan fingerprint density at radius 2 is 1.75 bits per heavy atom. The largest absolute Gasteiger partial charge is 0.416 e. The molecule has 0 spiro atoms. The minimum atomic E-state index is -4.28. The minimum Gasteiger partial charge on any atom is -0.377 e. The predicted octanol–water partition coefficient (Wildman–Crippen LogP) is 3.65. The van der Waals surface area contributed by atoms with Crippen molar-refractivity contribution in [1.29, 1.82) is 0 Å². The molecule has 0 aromatic heterocycles. The van der Waals surface area contributed by atoms with Crippen LogP contribution in [0.15, 0.2) is 24.3 Å². The Labute approximate surface area is 118 Å². The number of benzene rings is 1. The molecular formula is C15H22F3NO. The van der Waals surface area contributed by atoms with E-state index in [1.54, 1.807) is 0 Å². The van der Waals surface area contributed by atoms with E-state index >= 15 is 0 Å². The fourth-order valence-electron chi connectivity index (χ4n) is 2.13. The Kier molecular flexibility index (Phi) is 6.49. The summed E-state index contributed by atoms with van der Waals surface area (Å²) < 4.78 is 43.1. The number of rotatable bonds is 7. The van der Waals surface area contributed by atoms with Crippen molar-refractivity contribution in [1.82, 2.24) is 5.32 Å². The second-order valence-electron chi connectivity index (χ2n) is 4.72. The Morgan fingerprint density at radius 3 is 2.20 bits per heavy atom. The molecule has 0 saturated heterocycles. The zero-order valence-electron chi connectivity index (χ0n) is 12.1. The first kappa shape index (κ1) is 17.0. The van der Waals surface area contributed by atoms with Crippen molar-refractivity contribution in [2.24, 2.45) is 0 Å². The van der Waals surface area contributed by atoms with Crippen LogP contribution in [0.2, 0.25) is 0 Å². The lowest BCUT2D eigenvalue weighted by molar-refractivity contribution is -0.137. The molecular weight excluding hydrogens is 267 g/mol. The Bertz CT molecular complexity index is 389. The summed E-state index contributed by atoms with van der Waals surface area (Å²) in [7, 11) is 0. The smallest absolute Gasteiger partial charge is 0.377 e. The number of likely N-dealkylation sites (N-methyl/N-ethyl adjacent to an activating group) is 1. The van der Waals surface area contributed by atoms with Crippen LogP contribution >= 0.6 is 0 Å². The molecule has 114 valence electrons. The van der Waals surface area contributed by atoms with Gasteiger partial charge in [-0.3, -0.25) is 0 Å². The summed E-state index contributed by atoms with van der Waals surface area (Å²) in [5.41, 5.74) is 0.259. The van der Waals surface area contributed by atoms with Crippen LogP contribution in [0.5, 0.6) is 0 Å². The molecule has 0 fully saturated rings. The van der Waals surface area contributed by atoms with Crippen molar-refractivity contribution >= 4 is 0 Å². The van der Waals surface area contributed by atoms with E-state index in [0.29, 0.717) is 13.0 Å². The number of hydrogen-bond acceptors (Lipinski definition) is 2. The van der Waals surface area contributed by atoms with E-state index in [4.69, 9.17) is 4.74 Å². The van der Waals surface area contributed by atoms with Crippen LogP contribution in [0.3, 0.4) is 0 Å². The van der Waals surface area contributed by atoms with Gasteiger partial charge < -0.3 is 10.1 Å². The van der Waals surface area contributed by atoms with Crippen LogP contribution in [0.1, 0.15) is 31.9 Å². The summed E-state index contributed by atoms with van der Waals surface area (Å²) >= 11 is 0. The number of alkyl halides is 3. The number of ether oxygens (including phenoxy) is 1. The molecule has 0 bridgehead atoms. The maximum atomic E-state index is 12.5. The fraction of sp³-hybridized carbons (Fsp3) is 0.600. The van der Waals surface area contributed by atoms with E-state index in [2.05, 4.69) is 5.32 Å². The lowest BCUT2D eigenvalue weighted by Crippen LogP contribution is -2.41. The van der Waals surface area contributed by atoms with E-state index in [1.807, 2.05) is 20.8 Å². The maximum absolute atomic E-state index is 12.5. The van der Waals surface area contributed by atoms with Gasteiger partial charge in [-0.15, -0.1) is 0 Å². The molecule has 0 aliphatic heterocycles. The predicted molar refractivity (Wildman–Crippen MR) is 73.7 cm³/mol. The van der Waals surface area contributed by atoms with Gasteiger partial charge in [-0.2, -0.15) is 13.2 Å². The molecule has 5 heteroatoms. The summed E-state index contributed by atoms with van der Waals surface area (Å²) in [5.74, 6) is 0. The topological polar surface area (TPSA) is 21.3 Å². The van der Waals surface area contributed by atoms with Crippen molar-refractivity contribution in [3.8, 4) is 0 Å². The molecule has 0 amide bonds. The first-order valence-corrected chi connectivity index (χ1v) is 6.89. The molecule has 2 unspecified atom stereocenters. The van der Waals surface area contributed by atoms with Gasteiger partial charge in [-0.1, -0.05) is 19.1 Å². The van der Waals surface area contributed by atoms with Crippen molar-refractivity contribution in [2.75, 3.05) is 13.2 Å². The van der Waals surface area contributed by atoms with Crippen LogP contribution in [0.25, 0.3) is 0 Å². The van der Waals surface area contributed by atoms with Crippen LogP contribution in [0.4, 0.5) is 13.2 Å². The Morgan fingerprint density at radius 1 is 1.15 bits per heavy atom. The standard InChI is InChI=1S/C15H22F3NO/c1-4-19-14(11(3)20-5-2)10-12-6-8-13(9-7-12)15(16,17)18/h6-9,11,14,19H,4-5,10H2,1-3H3. The van der Waals surface area contributed by atoms with E-state index < -0.39 is 11.7 Å². The molecule has 0 aliphatic rings. The van der Waals surface area contributed by atoms with Gasteiger partial charge in [0.1, 0.15) is 0 Å². The number of halogens is 3. The van der Waals surface area contributed by atoms with Crippen LogP contribution < -0.4 is 5.32 Å². The lowest BCUT2D eigenvalue weighted by Gasteiger charge is -2.25. The van der Waals surface area contributed by atoms with Crippen LogP contribution in [-0.2, 0) is 17.3 Å². The number of nitrogens with one attached hydrogen (secondary N) is 1. The molecule has 0 heterocycles.